The third-order valence-corrected chi connectivity index (χ3v) is 2.37. The monoisotopic (exact) mass is 183 g/mol. The number of nitrogens with zero attached hydrogens (tertiary/aromatic N) is 1. The first-order chi connectivity index (χ1) is 5.90. The summed E-state index contributed by atoms with van der Waals surface area (Å²) in [6, 6.07) is 0. The Bertz CT molecular complexity index is 266. The van der Waals surface area contributed by atoms with E-state index in [4.69, 9.17) is 4.74 Å². The molecular weight excluding hydrogens is 166 g/mol. The molecule has 1 heterocycles. The van der Waals surface area contributed by atoms with Crippen LogP contribution in [0, 0.1) is 0 Å². The molecule has 3 heteroatoms. The van der Waals surface area contributed by atoms with Crippen molar-refractivity contribution in [1.29, 1.82) is 0 Å². The second-order valence-corrected chi connectivity index (χ2v) is 3.83. The molecule has 3 nitrogen and oxygen atoms in total. The van der Waals surface area contributed by atoms with E-state index in [-0.39, 0.29) is 5.91 Å². The summed E-state index contributed by atoms with van der Waals surface area (Å²) in [6.07, 6.45) is 0.824. The minimum Gasteiger partial charge on any atom is -0.481 e. The van der Waals surface area contributed by atoms with Gasteiger partial charge in [-0.3, -0.25) is 4.79 Å². The molecule has 0 atom stereocenters. The molecule has 1 rings (SSSR count). The lowest BCUT2D eigenvalue weighted by Gasteiger charge is -2.37. The number of hydrogen-bond donors (Lipinski definition) is 0. The topological polar surface area (TPSA) is 29.5 Å². The predicted molar refractivity (Wildman–Crippen MR) is 50.9 cm³/mol. The smallest absolute Gasteiger partial charge is 0.270 e. The van der Waals surface area contributed by atoms with Gasteiger partial charge < -0.3 is 9.64 Å². The highest BCUT2D eigenvalue weighted by molar-refractivity contribution is 5.86. The zero-order chi connectivity index (χ0) is 10.2. The second-order valence-electron chi connectivity index (χ2n) is 3.83. The number of allylic oxidation sites excluding steroid dienone is 2. The second kappa shape index (κ2) is 3.05. The summed E-state index contributed by atoms with van der Waals surface area (Å²) < 4.78 is 5.55. The van der Waals surface area contributed by atoms with E-state index >= 15 is 0 Å². The van der Waals surface area contributed by atoms with Crippen molar-refractivity contribution >= 4 is 5.91 Å². The summed E-state index contributed by atoms with van der Waals surface area (Å²) in [6.45, 7) is 7.51. The number of ether oxygens (including phenoxy) is 1. The van der Waals surface area contributed by atoms with Gasteiger partial charge in [0.25, 0.3) is 5.91 Å². The Morgan fingerprint density at radius 1 is 1.46 bits per heavy atom. The molecule has 0 aliphatic carbocycles. The van der Waals surface area contributed by atoms with Crippen molar-refractivity contribution in [3.63, 3.8) is 0 Å². The van der Waals surface area contributed by atoms with Crippen LogP contribution in [0.2, 0.25) is 0 Å². The van der Waals surface area contributed by atoms with Gasteiger partial charge in [-0.2, -0.15) is 0 Å². The maximum Gasteiger partial charge on any atom is 0.270 e. The van der Waals surface area contributed by atoms with E-state index in [1.165, 1.54) is 0 Å². The summed E-state index contributed by atoms with van der Waals surface area (Å²) in [5.41, 5.74) is 0.265. The Morgan fingerprint density at radius 3 is 2.46 bits per heavy atom. The molecule has 0 spiro atoms. The number of rotatable bonds is 1. The lowest BCUT2D eigenvalue weighted by atomic mass is 10.0. The maximum absolute atomic E-state index is 11.7. The Hall–Kier alpha value is -0.990. The summed E-state index contributed by atoms with van der Waals surface area (Å²) in [5.74, 6) is 0.879. The lowest BCUT2D eigenvalue weighted by Crippen LogP contribution is -2.48. The molecule has 0 unspecified atom stereocenters. The summed E-state index contributed by atoms with van der Waals surface area (Å²) in [4.78, 5) is 13.4. The highest BCUT2D eigenvalue weighted by Crippen LogP contribution is 2.28. The number of likely N-dealkylation sites (N-methyl/N-ethyl adjacent to an activating group) is 1. The number of carbonyl (C=O) groups excluding carboxylic acids is 1. The number of hydrogen-bond acceptors (Lipinski definition) is 2. The average molecular weight is 183 g/mol. The van der Waals surface area contributed by atoms with Gasteiger partial charge in [0.15, 0.2) is 5.60 Å². The van der Waals surface area contributed by atoms with Crippen LogP contribution in [0.25, 0.3) is 0 Å². The first kappa shape index (κ1) is 10.1. The van der Waals surface area contributed by atoms with E-state index in [1.54, 1.807) is 25.8 Å². The molecule has 0 fully saturated rings. The molecule has 74 valence electrons. The summed E-state index contributed by atoms with van der Waals surface area (Å²) >= 11 is 0. The van der Waals surface area contributed by atoms with E-state index in [1.807, 2.05) is 13.8 Å². The highest BCUT2D eigenvalue weighted by Gasteiger charge is 2.38. The van der Waals surface area contributed by atoms with Gasteiger partial charge in [0, 0.05) is 7.05 Å². The van der Waals surface area contributed by atoms with Crippen molar-refractivity contribution in [3.8, 4) is 0 Å². The van der Waals surface area contributed by atoms with Crippen LogP contribution in [-0.4, -0.2) is 23.5 Å². The normalized spacial score (nSPS) is 21.9. The molecule has 13 heavy (non-hydrogen) atoms. The Kier molecular flexibility index (Phi) is 2.37. The maximum atomic E-state index is 11.7. The van der Waals surface area contributed by atoms with Gasteiger partial charge in [-0.05, 0) is 27.2 Å². The molecular formula is C10H17NO2. The molecule has 0 N–H and O–H groups in total. The zero-order valence-electron chi connectivity index (χ0n) is 8.97. The first-order valence-corrected chi connectivity index (χ1v) is 4.57. The van der Waals surface area contributed by atoms with Crippen LogP contribution in [0.5, 0.6) is 0 Å². The average Bonchev–Trinajstić information content (AvgIpc) is 2.01. The van der Waals surface area contributed by atoms with Crippen molar-refractivity contribution in [3.05, 3.63) is 11.5 Å². The van der Waals surface area contributed by atoms with Crippen LogP contribution in [0.3, 0.4) is 0 Å². The van der Waals surface area contributed by atoms with Gasteiger partial charge in [-0.1, -0.05) is 6.92 Å². The quantitative estimate of drug-likeness (QED) is 0.621. The van der Waals surface area contributed by atoms with Gasteiger partial charge in [0.2, 0.25) is 0 Å². The molecule has 0 aromatic rings. The fourth-order valence-corrected chi connectivity index (χ4v) is 1.73. The van der Waals surface area contributed by atoms with Gasteiger partial charge >= 0.3 is 0 Å². The van der Waals surface area contributed by atoms with Gasteiger partial charge in [0.1, 0.15) is 5.76 Å². The van der Waals surface area contributed by atoms with E-state index in [2.05, 4.69) is 0 Å². The van der Waals surface area contributed by atoms with Crippen molar-refractivity contribution in [2.75, 3.05) is 7.05 Å². The molecule has 0 saturated carbocycles. The third kappa shape index (κ3) is 1.55. The summed E-state index contributed by atoms with van der Waals surface area (Å²) in [7, 11) is 1.80. The Morgan fingerprint density at radius 2 is 2.00 bits per heavy atom. The fraction of sp³-hybridized carbons (Fsp3) is 0.700. The molecule has 1 aliphatic rings. The van der Waals surface area contributed by atoms with Crippen LogP contribution >= 0.6 is 0 Å². The highest BCUT2D eigenvalue weighted by atomic mass is 16.5. The molecule has 0 aromatic carbocycles. The SMILES string of the molecule is CCC1=C(C)OC(C)(C)C(=O)N1C. The molecule has 1 amide bonds. The van der Waals surface area contributed by atoms with Crippen LogP contribution < -0.4 is 0 Å². The molecule has 0 radical (unpaired) electrons. The van der Waals surface area contributed by atoms with E-state index < -0.39 is 5.60 Å². The number of amides is 1. The molecule has 1 aliphatic heterocycles. The molecule has 0 aromatic heterocycles. The van der Waals surface area contributed by atoms with Crippen molar-refractivity contribution in [1.82, 2.24) is 4.90 Å². The predicted octanol–water partition coefficient (Wildman–Crippen LogP) is 1.90. The largest absolute Gasteiger partial charge is 0.481 e. The third-order valence-electron chi connectivity index (χ3n) is 2.37. The Balaban J connectivity index is 3.08. The van der Waals surface area contributed by atoms with Crippen LogP contribution in [0.1, 0.15) is 34.1 Å². The van der Waals surface area contributed by atoms with Gasteiger partial charge in [-0.15, -0.1) is 0 Å². The fourth-order valence-electron chi connectivity index (χ4n) is 1.73. The van der Waals surface area contributed by atoms with E-state index in [0.29, 0.717) is 0 Å². The van der Waals surface area contributed by atoms with Crippen LogP contribution in [-0.2, 0) is 9.53 Å². The van der Waals surface area contributed by atoms with Crippen LogP contribution in [0.15, 0.2) is 11.5 Å². The minimum absolute atomic E-state index is 0.0231. The van der Waals surface area contributed by atoms with Crippen molar-refractivity contribution < 1.29 is 9.53 Å². The lowest BCUT2D eigenvalue weighted by molar-refractivity contribution is -0.151. The Labute approximate surface area is 79.4 Å². The standard InChI is InChI=1S/C10H17NO2/c1-6-8-7(2)13-10(3,4)9(12)11(8)5/h6H2,1-5H3. The van der Waals surface area contributed by atoms with Crippen molar-refractivity contribution in [2.24, 2.45) is 0 Å². The van der Waals surface area contributed by atoms with E-state index in [0.717, 1.165) is 17.9 Å². The van der Waals surface area contributed by atoms with Crippen molar-refractivity contribution in [2.45, 2.75) is 39.7 Å². The van der Waals surface area contributed by atoms with Gasteiger partial charge in [-0.25, -0.2) is 0 Å². The molecule has 0 bridgehead atoms. The van der Waals surface area contributed by atoms with Gasteiger partial charge in [0.05, 0.1) is 5.70 Å². The van der Waals surface area contributed by atoms with Crippen LogP contribution in [0.4, 0.5) is 0 Å². The summed E-state index contributed by atoms with van der Waals surface area (Å²) in [5, 5.41) is 0. The zero-order valence-corrected chi connectivity index (χ0v) is 8.97. The van der Waals surface area contributed by atoms with E-state index in [9.17, 15) is 4.79 Å². The number of carbonyl (C=O) groups is 1. The molecule has 0 saturated heterocycles. The minimum atomic E-state index is -0.711. The first-order valence-electron chi connectivity index (χ1n) is 4.57.